The lowest BCUT2D eigenvalue weighted by atomic mass is 10.3. The number of epoxide rings is 1. The van der Waals surface area contributed by atoms with Gasteiger partial charge in [-0.05, 0) is 0 Å². The van der Waals surface area contributed by atoms with Crippen LogP contribution in [0.2, 0.25) is 0 Å². The molecule has 23 unspecified atom stereocenters. The van der Waals surface area contributed by atoms with E-state index in [1.807, 2.05) is 0 Å². The zero-order valence-electron chi connectivity index (χ0n) is 65.3. The van der Waals surface area contributed by atoms with Crippen molar-refractivity contribution in [3.05, 3.63) is 0 Å². The first-order valence-corrected chi connectivity index (χ1v) is 37.6. The average Bonchev–Trinajstić information content (AvgIpc) is 1.88. The van der Waals surface area contributed by atoms with Crippen LogP contribution < -0.4 is 0 Å². The van der Waals surface area contributed by atoms with Crippen LogP contribution in [-0.4, -0.2) is 566 Å². The Kier molecular flexibility index (Phi) is 75.7. The first kappa shape index (κ1) is 113. The van der Waals surface area contributed by atoms with Gasteiger partial charge < -0.3 is 232 Å². The van der Waals surface area contributed by atoms with Crippen molar-refractivity contribution in [2.45, 2.75) is 141 Å². The summed E-state index contributed by atoms with van der Waals surface area (Å²) in [6.07, 6.45) is -26.9. The molecule has 1 saturated heterocycles. The van der Waals surface area contributed by atoms with Gasteiger partial charge in [0.2, 0.25) is 0 Å². The third kappa shape index (κ3) is 71.3. The molecule has 1 rings (SSSR count). The molecule has 0 bridgehead atoms. The molecule has 1 aliphatic rings. The van der Waals surface area contributed by atoms with Gasteiger partial charge in [-0.2, -0.15) is 0 Å². The summed E-state index contributed by atoms with van der Waals surface area (Å²) in [5, 5.41) is 245. The Balaban J connectivity index is 0.0000249. The molecule has 0 aliphatic carbocycles. The summed E-state index contributed by atoms with van der Waals surface area (Å²) in [6, 6.07) is 0. The molecule has 23 atom stereocenters. The van der Waals surface area contributed by atoms with Crippen molar-refractivity contribution >= 4 is 0 Å². The summed E-state index contributed by atoms with van der Waals surface area (Å²) in [5.74, 6) is 0. The molecule has 0 aromatic rings. The maximum absolute atomic E-state index is 11.1. The second kappa shape index (κ2) is 77.0. The van der Waals surface area contributed by atoms with E-state index in [-0.39, 0.29) is 165 Å². The number of hydrogen-bond acceptors (Lipinski definition) is 47. The normalized spacial score (nSPS) is 19.1. The van der Waals surface area contributed by atoms with E-state index in [2.05, 4.69) is 4.74 Å². The smallest absolute Gasteiger partial charge is 0.181 e. The third-order valence-electron chi connectivity index (χ3n) is 14.4. The minimum atomic E-state index is -1.44. The fourth-order valence-corrected chi connectivity index (χ4v) is 8.20. The summed E-state index contributed by atoms with van der Waals surface area (Å²) < 4.78 is 124. The van der Waals surface area contributed by atoms with Crippen molar-refractivity contribution in [1.29, 1.82) is 0 Å². The van der Waals surface area contributed by atoms with Gasteiger partial charge in [-0.25, -0.2) is 0 Å². The van der Waals surface area contributed by atoms with Crippen molar-refractivity contribution < 1.29 is 232 Å². The van der Waals surface area contributed by atoms with Crippen LogP contribution in [-0.2, 0) is 104 Å². The van der Waals surface area contributed by atoms with E-state index >= 15 is 0 Å². The highest BCUT2D eigenvalue weighted by Gasteiger charge is 2.27. The third-order valence-corrected chi connectivity index (χ3v) is 14.4. The first-order chi connectivity index (χ1) is 55.2. The Hall–Kier alpha value is -1.88. The lowest BCUT2D eigenvalue weighted by Gasteiger charge is -2.27. The Bertz CT molecular complexity index is 2040. The highest BCUT2D eigenvalue weighted by atomic mass is 16.7. The summed E-state index contributed by atoms with van der Waals surface area (Å²) in [7, 11) is 0. The highest BCUT2D eigenvalue weighted by molar-refractivity contribution is 4.71. The standard InChI is InChI=1S/C65H132O45.C3H6O2/c66-1-44(74)9-90-16-52(82)20-96-26-58(88)31-107-63(39-102-36-61(106-30-57(87)25-95-14-49(79)6-71)34-99-22-54(84)18-92-11-46(76)3-68)41-108-64(42-110-65(43-100-23-55(85)19-93-12-47(77)4-69)109-32-59(89)27-97-21-53(83)17-91-10-45(75)2-67)40-103-38-62(104-28-51(81)8-73)37-101-35-60(33-98-15-50(80)7-72)105-29-56(86)24-94-13-48(78)5-70;4-1-3-2-5-3/h44-89H,1-43H2;3-4H,1-2H2. The predicted molar refractivity (Wildman–Crippen MR) is 385 cm³/mol. The number of hydrogen-bond donors (Lipinski definition) is 25. The van der Waals surface area contributed by atoms with E-state index < -0.39 is 267 Å². The highest BCUT2D eigenvalue weighted by Crippen LogP contribution is 2.12. The fourth-order valence-electron chi connectivity index (χ4n) is 8.20. The van der Waals surface area contributed by atoms with Gasteiger partial charge in [0.1, 0.15) is 134 Å². The van der Waals surface area contributed by atoms with Crippen molar-refractivity contribution in [3.8, 4) is 0 Å². The van der Waals surface area contributed by atoms with Crippen LogP contribution >= 0.6 is 0 Å². The predicted octanol–water partition coefficient (Wildman–Crippen LogP) is -15.4. The molecule has 25 N–H and O–H groups in total. The van der Waals surface area contributed by atoms with Gasteiger partial charge in [0, 0.05) is 0 Å². The summed E-state index contributed by atoms with van der Waals surface area (Å²) in [6.45, 7) is -16.6. The molecule has 0 spiro atoms. The van der Waals surface area contributed by atoms with Gasteiger partial charge in [0.05, 0.1) is 297 Å². The minimum absolute atomic E-state index is 0.190. The van der Waals surface area contributed by atoms with Crippen LogP contribution in [0.15, 0.2) is 0 Å². The molecule has 47 heteroatoms. The fraction of sp³-hybridized carbons (Fsp3) is 1.00. The molecule has 0 amide bonds. The van der Waals surface area contributed by atoms with Crippen LogP contribution in [0.25, 0.3) is 0 Å². The van der Waals surface area contributed by atoms with E-state index in [9.17, 15) is 102 Å². The molecule has 0 saturated carbocycles. The minimum Gasteiger partial charge on any atom is -0.394 e. The first-order valence-electron chi connectivity index (χ1n) is 37.6. The lowest BCUT2D eigenvalue weighted by Crippen LogP contribution is -2.39. The van der Waals surface area contributed by atoms with Crippen LogP contribution in [0, 0.1) is 0 Å². The van der Waals surface area contributed by atoms with Gasteiger partial charge in [-0.1, -0.05) is 0 Å². The zero-order chi connectivity index (χ0) is 85.7. The Morgan fingerprint density at radius 1 is 0.174 bits per heavy atom. The molecule has 0 aromatic carbocycles. The second-order valence-corrected chi connectivity index (χ2v) is 26.5. The lowest BCUT2D eigenvalue weighted by molar-refractivity contribution is -0.211. The maximum Gasteiger partial charge on any atom is 0.181 e. The van der Waals surface area contributed by atoms with E-state index in [0.29, 0.717) is 0 Å². The number of ether oxygens (including phenoxy) is 22. The van der Waals surface area contributed by atoms with Gasteiger partial charge >= 0.3 is 0 Å². The van der Waals surface area contributed by atoms with Gasteiger partial charge in [-0.3, -0.25) is 0 Å². The largest absolute Gasteiger partial charge is 0.394 e. The average molecular weight is 1710 g/mol. The molecule has 1 heterocycles. The van der Waals surface area contributed by atoms with Crippen molar-refractivity contribution in [3.63, 3.8) is 0 Å². The van der Waals surface area contributed by atoms with Crippen molar-refractivity contribution in [1.82, 2.24) is 0 Å². The number of aliphatic hydroxyl groups is 25. The molecule has 47 nitrogen and oxygen atoms in total. The molecule has 1 fully saturated rings. The maximum atomic E-state index is 11.1. The van der Waals surface area contributed by atoms with Crippen LogP contribution in [0.4, 0.5) is 0 Å². The SMILES string of the molecule is OCC(O)COCC(O)COCC(O)COC(COCC(COCC(O)COCC(O)CO)OCC(O)COCC(O)CO)COC(COCC(COCC(COCC(O)CO)OCC(O)COCC(O)CO)OCC(O)CO)COC(COCC(O)COCC(O)CO)OCC(O)COCC(O)COCC(O)CO.OCC1CO1. The molecule has 0 radical (unpaired) electrons. The Labute approximate surface area is 668 Å². The van der Waals surface area contributed by atoms with Crippen molar-refractivity contribution in [2.24, 2.45) is 0 Å². The molecule has 0 aromatic heterocycles. The van der Waals surface area contributed by atoms with E-state index in [1.54, 1.807) is 0 Å². The molecule has 692 valence electrons. The molecule has 1 aliphatic heterocycles. The molecular weight excluding hydrogens is 1570 g/mol. The molecule has 115 heavy (non-hydrogen) atoms. The number of aliphatic hydroxyl groups excluding tert-OH is 25. The summed E-state index contributed by atoms with van der Waals surface area (Å²) in [4.78, 5) is 0. The molecular formula is C68H138O47. The topological polar surface area (TPSA) is 712 Å². The van der Waals surface area contributed by atoms with Crippen LogP contribution in [0.5, 0.6) is 0 Å². The van der Waals surface area contributed by atoms with Crippen LogP contribution in [0.3, 0.4) is 0 Å². The monoisotopic (exact) mass is 1710 g/mol. The van der Waals surface area contributed by atoms with E-state index in [4.69, 9.17) is 125 Å². The summed E-state index contributed by atoms with van der Waals surface area (Å²) >= 11 is 0. The van der Waals surface area contributed by atoms with Gasteiger partial charge in [-0.15, -0.1) is 0 Å². The number of rotatable bonds is 86. The van der Waals surface area contributed by atoms with E-state index in [1.165, 1.54) is 0 Å². The zero-order valence-corrected chi connectivity index (χ0v) is 65.3. The summed E-state index contributed by atoms with van der Waals surface area (Å²) in [5.41, 5.74) is 0. The van der Waals surface area contributed by atoms with Gasteiger partial charge in [0.15, 0.2) is 6.29 Å². The Morgan fingerprint density at radius 3 is 0.522 bits per heavy atom. The van der Waals surface area contributed by atoms with E-state index in [0.717, 1.165) is 6.61 Å². The van der Waals surface area contributed by atoms with Gasteiger partial charge in [0.25, 0.3) is 0 Å². The quantitative estimate of drug-likeness (QED) is 0.0199. The van der Waals surface area contributed by atoms with Crippen LogP contribution in [0.1, 0.15) is 0 Å². The second-order valence-electron chi connectivity index (χ2n) is 26.5. The Morgan fingerprint density at radius 2 is 0.313 bits per heavy atom. The van der Waals surface area contributed by atoms with Crippen molar-refractivity contribution in [2.75, 3.05) is 297 Å².